The third kappa shape index (κ3) is 3.49. The number of hydrogen-bond acceptors (Lipinski definition) is 2. The third-order valence-corrected chi connectivity index (χ3v) is 4.23. The molecular formula is C20H23FN2O. The second-order valence-electron chi connectivity index (χ2n) is 6.58. The SMILES string of the molecule is Cc1c(COCc2ccc(F)cc2)c2cnccc2n1CC(C)C. The van der Waals surface area contributed by atoms with Gasteiger partial charge in [-0.05, 0) is 36.6 Å². The van der Waals surface area contributed by atoms with Crippen LogP contribution in [0, 0.1) is 18.7 Å². The summed E-state index contributed by atoms with van der Waals surface area (Å²) >= 11 is 0. The summed E-state index contributed by atoms with van der Waals surface area (Å²) in [6.07, 6.45) is 3.75. The van der Waals surface area contributed by atoms with Gasteiger partial charge < -0.3 is 9.30 Å². The van der Waals surface area contributed by atoms with Crippen molar-refractivity contribution in [3.63, 3.8) is 0 Å². The number of pyridine rings is 1. The highest BCUT2D eigenvalue weighted by molar-refractivity contribution is 5.84. The van der Waals surface area contributed by atoms with Gasteiger partial charge in [0.1, 0.15) is 5.82 Å². The molecule has 0 radical (unpaired) electrons. The summed E-state index contributed by atoms with van der Waals surface area (Å²) in [7, 11) is 0. The molecular weight excluding hydrogens is 303 g/mol. The fraction of sp³-hybridized carbons (Fsp3) is 0.350. The number of nitrogens with zero attached hydrogens (tertiary/aromatic N) is 2. The minimum absolute atomic E-state index is 0.225. The summed E-state index contributed by atoms with van der Waals surface area (Å²) in [6.45, 7) is 8.55. The number of aromatic nitrogens is 2. The van der Waals surface area contributed by atoms with Crippen LogP contribution in [-0.2, 0) is 24.5 Å². The van der Waals surface area contributed by atoms with Crippen LogP contribution in [0.5, 0.6) is 0 Å². The number of rotatable bonds is 6. The van der Waals surface area contributed by atoms with E-state index in [1.54, 1.807) is 12.1 Å². The molecule has 2 aromatic heterocycles. The predicted octanol–water partition coefficient (Wildman–Crippen LogP) is 4.86. The first-order valence-electron chi connectivity index (χ1n) is 8.30. The molecule has 24 heavy (non-hydrogen) atoms. The molecule has 3 nitrogen and oxygen atoms in total. The van der Waals surface area contributed by atoms with Crippen LogP contribution in [0.3, 0.4) is 0 Å². The molecule has 0 aliphatic heterocycles. The summed E-state index contributed by atoms with van der Waals surface area (Å²) in [4.78, 5) is 4.27. The summed E-state index contributed by atoms with van der Waals surface area (Å²) in [5.41, 5.74) is 4.58. The van der Waals surface area contributed by atoms with Crippen molar-refractivity contribution < 1.29 is 9.13 Å². The van der Waals surface area contributed by atoms with Gasteiger partial charge in [0.2, 0.25) is 0 Å². The zero-order valence-corrected chi connectivity index (χ0v) is 14.4. The maximum Gasteiger partial charge on any atom is 0.123 e. The van der Waals surface area contributed by atoms with Crippen LogP contribution in [0.1, 0.15) is 30.7 Å². The van der Waals surface area contributed by atoms with Gasteiger partial charge in [0.05, 0.1) is 18.7 Å². The second-order valence-corrected chi connectivity index (χ2v) is 6.58. The van der Waals surface area contributed by atoms with E-state index in [0.717, 1.165) is 17.5 Å². The lowest BCUT2D eigenvalue weighted by Crippen LogP contribution is -2.06. The first-order valence-corrected chi connectivity index (χ1v) is 8.30. The molecule has 3 rings (SSSR count). The Labute approximate surface area is 142 Å². The molecule has 0 aliphatic carbocycles. The van der Waals surface area contributed by atoms with Crippen LogP contribution >= 0.6 is 0 Å². The number of hydrogen-bond donors (Lipinski definition) is 0. The quantitative estimate of drug-likeness (QED) is 0.647. The average molecular weight is 326 g/mol. The standard InChI is InChI=1S/C20H23FN2O/c1-14(2)11-23-15(3)19(18-10-22-9-8-20(18)23)13-24-12-16-4-6-17(21)7-5-16/h4-10,14H,11-13H2,1-3H3. The smallest absolute Gasteiger partial charge is 0.123 e. The fourth-order valence-electron chi connectivity index (χ4n) is 3.03. The van der Waals surface area contributed by atoms with Gasteiger partial charge in [0.15, 0.2) is 0 Å². The highest BCUT2D eigenvalue weighted by atomic mass is 19.1. The number of halogens is 1. The van der Waals surface area contributed by atoms with Crippen LogP contribution in [0.4, 0.5) is 4.39 Å². The van der Waals surface area contributed by atoms with E-state index >= 15 is 0 Å². The summed E-state index contributed by atoms with van der Waals surface area (Å²) in [5, 5.41) is 1.15. The van der Waals surface area contributed by atoms with E-state index in [2.05, 4.69) is 36.4 Å². The maximum absolute atomic E-state index is 13.0. The monoisotopic (exact) mass is 326 g/mol. The van der Waals surface area contributed by atoms with E-state index < -0.39 is 0 Å². The van der Waals surface area contributed by atoms with Crippen LogP contribution in [0.25, 0.3) is 10.9 Å². The minimum atomic E-state index is -0.225. The fourth-order valence-corrected chi connectivity index (χ4v) is 3.03. The summed E-state index contributed by atoms with van der Waals surface area (Å²) in [5.74, 6) is 0.345. The van der Waals surface area contributed by atoms with Crippen molar-refractivity contribution >= 4 is 10.9 Å². The largest absolute Gasteiger partial charge is 0.372 e. The van der Waals surface area contributed by atoms with Gasteiger partial charge in [-0.1, -0.05) is 26.0 Å². The zero-order chi connectivity index (χ0) is 17.1. The van der Waals surface area contributed by atoms with Crippen molar-refractivity contribution in [2.45, 2.75) is 40.5 Å². The number of ether oxygens (including phenoxy) is 1. The Morgan fingerprint density at radius 3 is 2.58 bits per heavy atom. The maximum atomic E-state index is 13.0. The Kier molecular flexibility index (Phi) is 4.95. The Bertz CT molecular complexity index is 822. The Hall–Kier alpha value is -2.20. The molecule has 0 fully saturated rings. The molecule has 0 spiro atoms. The van der Waals surface area contributed by atoms with E-state index in [1.807, 2.05) is 12.4 Å². The molecule has 0 saturated heterocycles. The molecule has 0 amide bonds. The predicted molar refractivity (Wildman–Crippen MR) is 94.2 cm³/mol. The van der Waals surface area contributed by atoms with Gasteiger partial charge in [0, 0.05) is 35.6 Å². The molecule has 2 heterocycles. The van der Waals surface area contributed by atoms with Crippen molar-refractivity contribution in [1.82, 2.24) is 9.55 Å². The molecule has 126 valence electrons. The van der Waals surface area contributed by atoms with E-state index in [-0.39, 0.29) is 5.82 Å². The molecule has 3 aromatic rings. The Morgan fingerprint density at radius 1 is 1.12 bits per heavy atom. The zero-order valence-electron chi connectivity index (χ0n) is 14.4. The van der Waals surface area contributed by atoms with Crippen LogP contribution < -0.4 is 0 Å². The average Bonchev–Trinajstić information content (AvgIpc) is 2.82. The van der Waals surface area contributed by atoms with Crippen molar-refractivity contribution in [1.29, 1.82) is 0 Å². The Balaban J connectivity index is 1.81. The first-order chi connectivity index (χ1) is 11.6. The molecule has 4 heteroatoms. The van der Waals surface area contributed by atoms with Crippen molar-refractivity contribution in [2.75, 3.05) is 0 Å². The van der Waals surface area contributed by atoms with Gasteiger partial charge in [-0.2, -0.15) is 0 Å². The van der Waals surface area contributed by atoms with Gasteiger partial charge in [-0.15, -0.1) is 0 Å². The summed E-state index contributed by atoms with van der Waals surface area (Å²) in [6, 6.07) is 8.50. The van der Waals surface area contributed by atoms with Gasteiger partial charge in [-0.3, -0.25) is 4.98 Å². The molecule has 0 saturated carbocycles. The minimum Gasteiger partial charge on any atom is -0.372 e. The van der Waals surface area contributed by atoms with Crippen LogP contribution in [0.15, 0.2) is 42.7 Å². The molecule has 0 aliphatic rings. The Morgan fingerprint density at radius 2 is 1.88 bits per heavy atom. The lowest BCUT2D eigenvalue weighted by Gasteiger charge is -2.11. The van der Waals surface area contributed by atoms with Gasteiger partial charge >= 0.3 is 0 Å². The number of benzene rings is 1. The molecule has 0 atom stereocenters. The van der Waals surface area contributed by atoms with Gasteiger partial charge in [-0.25, -0.2) is 4.39 Å². The van der Waals surface area contributed by atoms with E-state index in [4.69, 9.17) is 4.74 Å². The topological polar surface area (TPSA) is 27.1 Å². The summed E-state index contributed by atoms with van der Waals surface area (Å²) < 4.78 is 21.2. The number of fused-ring (bicyclic) bond motifs is 1. The normalized spacial score (nSPS) is 11.5. The lowest BCUT2D eigenvalue weighted by atomic mass is 10.2. The van der Waals surface area contributed by atoms with E-state index in [1.165, 1.54) is 28.9 Å². The van der Waals surface area contributed by atoms with Crippen molar-refractivity contribution in [3.8, 4) is 0 Å². The first kappa shape index (κ1) is 16.7. The van der Waals surface area contributed by atoms with Crippen molar-refractivity contribution in [3.05, 3.63) is 65.4 Å². The van der Waals surface area contributed by atoms with Gasteiger partial charge in [0.25, 0.3) is 0 Å². The molecule has 0 N–H and O–H groups in total. The molecule has 0 bridgehead atoms. The highest BCUT2D eigenvalue weighted by Crippen LogP contribution is 2.27. The van der Waals surface area contributed by atoms with Crippen molar-refractivity contribution in [2.24, 2.45) is 5.92 Å². The lowest BCUT2D eigenvalue weighted by molar-refractivity contribution is 0.107. The molecule has 0 unspecified atom stereocenters. The van der Waals surface area contributed by atoms with E-state index in [0.29, 0.717) is 19.1 Å². The van der Waals surface area contributed by atoms with Crippen LogP contribution in [0.2, 0.25) is 0 Å². The molecule has 1 aromatic carbocycles. The highest BCUT2D eigenvalue weighted by Gasteiger charge is 2.15. The second kappa shape index (κ2) is 7.14. The third-order valence-electron chi connectivity index (χ3n) is 4.23. The van der Waals surface area contributed by atoms with E-state index in [9.17, 15) is 4.39 Å². The van der Waals surface area contributed by atoms with Crippen LogP contribution in [-0.4, -0.2) is 9.55 Å².